The summed E-state index contributed by atoms with van der Waals surface area (Å²) in [5, 5.41) is 3.30. The van der Waals surface area contributed by atoms with E-state index in [-0.39, 0.29) is 0 Å². The summed E-state index contributed by atoms with van der Waals surface area (Å²) >= 11 is 0. The van der Waals surface area contributed by atoms with Crippen LogP contribution in [0.3, 0.4) is 0 Å². The van der Waals surface area contributed by atoms with Gasteiger partial charge in [0.1, 0.15) is 5.75 Å². The number of nitrogens with zero attached hydrogens (tertiary/aromatic N) is 1. The molecule has 0 aliphatic rings. The Bertz CT molecular complexity index is 491. The Morgan fingerprint density at radius 3 is 2.94 bits per heavy atom. The standard InChI is InChI=1S/C13H18N2O2/c1-9(2)7-14-8-12-15-13-10(16-3)5-4-6-11(13)17-12/h4-6,9,14H,7-8H2,1-3H3. The van der Waals surface area contributed by atoms with Crippen LogP contribution >= 0.6 is 0 Å². The second-order valence-corrected chi connectivity index (χ2v) is 4.44. The van der Waals surface area contributed by atoms with Crippen LogP contribution in [-0.2, 0) is 6.54 Å². The van der Waals surface area contributed by atoms with Gasteiger partial charge in [-0.25, -0.2) is 4.98 Å². The molecule has 1 aromatic heterocycles. The Morgan fingerprint density at radius 2 is 2.24 bits per heavy atom. The van der Waals surface area contributed by atoms with Gasteiger partial charge in [-0.15, -0.1) is 0 Å². The van der Waals surface area contributed by atoms with Crippen molar-refractivity contribution in [1.29, 1.82) is 0 Å². The molecule has 2 rings (SSSR count). The van der Waals surface area contributed by atoms with Gasteiger partial charge < -0.3 is 14.5 Å². The maximum Gasteiger partial charge on any atom is 0.209 e. The highest BCUT2D eigenvalue weighted by atomic mass is 16.5. The lowest BCUT2D eigenvalue weighted by atomic mass is 10.2. The van der Waals surface area contributed by atoms with Gasteiger partial charge >= 0.3 is 0 Å². The van der Waals surface area contributed by atoms with Gasteiger partial charge in [0.15, 0.2) is 11.1 Å². The highest BCUT2D eigenvalue weighted by Crippen LogP contribution is 2.25. The molecule has 0 radical (unpaired) electrons. The number of hydrogen-bond donors (Lipinski definition) is 1. The van der Waals surface area contributed by atoms with E-state index in [2.05, 4.69) is 24.1 Å². The molecule has 0 fully saturated rings. The number of para-hydroxylation sites is 1. The first-order chi connectivity index (χ1) is 8.20. The van der Waals surface area contributed by atoms with Crippen molar-refractivity contribution < 1.29 is 9.15 Å². The molecule has 0 spiro atoms. The normalized spacial score (nSPS) is 11.3. The summed E-state index contributed by atoms with van der Waals surface area (Å²) < 4.78 is 10.9. The summed E-state index contributed by atoms with van der Waals surface area (Å²) in [4.78, 5) is 4.43. The summed E-state index contributed by atoms with van der Waals surface area (Å²) in [6.07, 6.45) is 0. The minimum atomic E-state index is 0.619. The number of methoxy groups -OCH3 is 1. The van der Waals surface area contributed by atoms with Gasteiger partial charge in [0.05, 0.1) is 13.7 Å². The second-order valence-electron chi connectivity index (χ2n) is 4.44. The predicted octanol–water partition coefficient (Wildman–Crippen LogP) is 2.58. The first-order valence-electron chi connectivity index (χ1n) is 5.84. The molecule has 0 atom stereocenters. The van der Waals surface area contributed by atoms with Gasteiger partial charge in [-0.05, 0) is 24.6 Å². The van der Waals surface area contributed by atoms with Crippen molar-refractivity contribution in [3.05, 3.63) is 24.1 Å². The predicted molar refractivity (Wildman–Crippen MR) is 67.1 cm³/mol. The van der Waals surface area contributed by atoms with Crippen molar-refractivity contribution >= 4 is 11.1 Å². The number of nitrogens with one attached hydrogen (secondary N) is 1. The fourth-order valence-electron chi connectivity index (χ4n) is 1.68. The summed E-state index contributed by atoms with van der Waals surface area (Å²) in [5.74, 6) is 2.07. The molecule has 4 nitrogen and oxygen atoms in total. The number of fused-ring (bicyclic) bond motifs is 1. The number of ether oxygens (including phenoxy) is 1. The van der Waals surface area contributed by atoms with Crippen molar-refractivity contribution in [3.63, 3.8) is 0 Å². The molecule has 0 unspecified atom stereocenters. The molecule has 0 bridgehead atoms. The monoisotopic (exact) mass is 234 g/mol. The number of benzene rings is 1. The van der Waals surface area contributed by atoms with Crippen molar-refractivity contribution in [2.24, 2.45) is 5.92 Å². The van der Waals surface area contributed by atoms with E-state index >= 15 is 0 Å². The zero-order valence-corrected chi connectivity index (χ0v) is 10.5. The van der Waals surface area contributed by atoms with Crippen molar-refractivity contribution in [2.45, 2.75) is 20.4 Å². The number of oxazole rings is 1. The second kappa shape index (κ2) is 5.19. The summed E-state index contributed by atoms with van der Waals surface area (Å²) in [6, 6.07) is 5.69. The third kappa shape index (κ3) is 2.77. The van der Waals surface area contributed by atoms with Gasteiger partial charge in [0.25, 0.3) is 0 Å². The maximum absolute atomic E-state index is 5.64. The highest BCUT2D eigenvalue weighted by Gasteiger charge is 2.09. The highest BCUT2D eigenvalue weighted by molar-refractivity contribution is 5.79. The average molecular weight is 234 g/mol. The Hall–Kier alpha value is -1.55. The average Bonchev–Trinajstić information content (AvgIpc) is 2.70. The topological polar surface area (TPSA) is 47.3 Å². The Kier molecular flexibility index (Phi) is 3.64. The maximum atomic E-state index is 5.64. The van der Waals surface area contributed by atoms with E-state index in [1.807, 2.05) is 18.2 Å². The quantitative estimate of drug-likeness (QED) is 0.863. The minimum Gasteiger partial charge on any atom is -0.494 e. The van der Waals surface area contributed by atoms with E-state index in [0.29, 0.717) is 18.4 Å². The molecular weight excluding hydrogens is 216 g/mol. The smallest absolute Gasteiger partial charge is 0.209 e. The van der Waals surface area contributed by atoms with E-state index in [0.717, 1.165) is 23.4 Å². The molecule has 92 valence electrons. The molecule has 4 heteroatoms. The van der Waals surface area contributed by atoms with Crippen LogP contribution in [0.25, 0.3) is 11.1 Å². The third-order valence-electron chi connectivity index (χ3n) is 2.47. The molecule has 0 saturated heterocycles. The van der Waals surface area contributed by atoms with Gasteiger partial charge in [0, 0.05) is 0 Å². The molecular formula is C13H18N2O2. The Labute approximate surface area is 101 Å². The molecule has 17 heavy (non-hydrogen) atoms. The SMILES string of the molecule is COc1cccc2oc(CNCC(C)C)nc12. The Balaban J connectivity index is 2.14. The molecule has 1 heterocycles. The lowest BCUT2D eigenvalue weighted by Gasteiger charge is -2.03. The molecule has 0 aliphatic heterocycles. The van der Waals surface area contributed by atoms with Crippen LogP contribution in [0.5, 0.6) is 5.75 Å². The lowest BCUT2D eigenvalue weighted by molar-refractivity contribution is 0.419. The van der Waals surface area contributed by atoms with Gasteiger partial charge in [-0.1, -0.05) is 19.9 Å². The number of rotatable bonds is 5. The molecule has 0 saturated carbocycles. The molecule has 1 N–H and O–H groups in total. The van der Waals surface area contributed by atoms with E-state index in [9.17, 15) is 0 Å². The third-order valence-corrected chi connectivity index (χ3v) is 2.47. The Morgan fingerprint density at radius 1 is 1.41 bits per heavy atom. The molecule has 1 aromatic carbocycles. The molecule has 0 aliphatic carbocycles. The summed E-state index contributed by atoms with van der Waals surface area (Å²) in [7, 11) is 1.64. The molecule has 0 amide bonds. The van der Waals surface area contributed by atoms with Gasteiger partial charge in [-0.3, -0.25) is 0 Å². The van der Waals surface area contributed by atoms with E-state index < -0.39 is 0 Å². The first-order valence-corrected chi connectivity index (χ1v) is 5.84. The summed E-state index contributed by atoms with van der Waals surface area (Å²) in [5.41, 5.74) is 1.56. The van der Waals surface area contributed by atoms with E-state index in [1.165, 1.54) is 0 Å². The van der Waals surface area contributed by atoms with Crippen molar-refractivity contribution in [1.82, 2.24) is 10.3 Å². The fraction of sp³-hybridized carbons (Fsp3) is 0.462. The summed E-state index contributed by atoms with van der Waals surface area (Å²) in [6.45, 7) is 5.94. The fourth-order valence-corrected chi connectivity index (χ4v) is 1.68. The lowest BCUT2D eigenvalue weighted by Crippen LogP contribution is -2.19. The van der Waals surface area contributed by atoms with Crippen LogP contribution in [-0.4, -0.2) is 18.6 Å². The number of hydrogen-bond acceptors (Lipinski definition) is 4. The van der Waals surface area contributed by atoms with Crippen LogP contribution in [0.4, 0.5) is 0 Å². The van der Waals surface area contributed by atoms with Crippen molar-refractivity contribution in [3.8, 4) is 5.75 Å². The van der Waals surface area contributed by atoms with Crippen LogP contribution in [0.15, 0.2) is 22.6 Å². The van der Waals surface area contributed by atoms with E-state index in [1.54, 1.807) is 7.11 Å². The molecule has 2 aromatic rings. The van der Waals surface area contributed by atoms with Crippen LogP contribution in [0.1, 0.15) is 19.7 Å². The minimum absolute atomic E-state index is 0.619. The van der Waals surface area contributed by atoms with Crippen molar-refractivity contribution in [2.75, 3.05) is 13.7 Å². The largest absolute Gasteiger partial charge is 0.494 e. The van der Waals surface area contributed by atoms with Gasteiger partial charge in [0.2, 0.25) is 5.89 Å². The van der Waals surface area contributed by atoms with Gasteiger partial charge in [-0.2, -0.15) is 0 Å². The van der Waals surface area contributed by atoms with Crippen LogP contribution in [0, 0.1) is 5.92 Å². The zero-order chi connectivity index (χ0) is 12.3. The first kappa shape index (κ1) is 11.9. The number of aromatic nitrogens is 1. The zero-order valence-electron chi connectivity index (χ0n) is 10.5. The van der Waals surface area contributed by atoms with Crippen LogP contribution < -0.4 is 10.1 Å². The van der Waals surface area contributed by atoms with E-state index in [4.69, 9.17) is 9.15 Å². The van der Waals surface area contributed by atoms with Crippen LogP contribution in [0.2, 0.25) is 0 Å².